The van der Waals surface area contributed by atoms with Crippen LogP contribution in [0.25, 0.3) is 11.3 Å². The molecule has 130 valence electrons. The SMILES string of the molecule is CC(C)C[C@H](N)COc1ccc(C(N)=O)cc1-c1c(Cl)cnn1C. The molecule has 1 heterocycles. The fourth-order valence-corrected chi connectivity index (χ4v) is 2.85. The van der Waals surface area contributed by atoms with E-state index in [-0.39, 0.29) is 6.04 Å². The largest absolute Gasteiger partial charge is 0.491 e. The number of amides is 1. The van der Waals surface area contributed by atoms with Gasteiger partial charge in [0.1, 0.15) is 12.4 Å². The van der Waals surface area contributed by atoms with E-state index >= 15 is 0 Å². The third kappa shape index (κ3) is 4.27. The first-order valence-electron chi connectivity index (χ1n) is 7.79. The molecular weight excluding hydrogens is 328 g/mol. The number of primary amides is 1. The van der Waals surface area contributed by atoms with Gasteiger partial charge in [0.15, 0.2) is 0 Å². The summed E-state index contributed by atoms with van der Waals surface area (Å²) in [6.45, 7) is 4.60. The average Bonchev–Trinajstić information content (AvgIpc) is 2.83. The Hall–Kier alpha value is -2.05. The fraction of sp³-hybridized carbons (Fsp3) is 0.412. The molecule has 0 unspecified atom stereocenters. The number of carbonyl (C=O) groups excluding carboxylic acids is 1. The zero-order chi connectivity index (χ0) is 17.9. The number of hydrogen-bond donors (Lipinski definition) is 2. The maximum atomic E-state index is 11.5. The molecule has 2 aromatic rings. The lowest BCUT2D eigenvalue weighted by atomic mass is 10.0. The van der Waals surface area contributed by atoms with E-state index in [4.69, 9.17) is 27.8 Å². The number of benzene rings is 1. The molecule has 0 radical (unpaired) electrons. The average molecular weight is 351 g/mol. The predicted octanol–water partition coefficient (Wildman–Crippen LogP) is 2.59. The van der Waals surface area contributed by atoms with Gasteiger partial charge in [0.25, 0.3) is 0 Å². The van der Waals surface area contributed by atoms with Gasteiger partial charge in [0.05, 0.1) is 16.9 Å². The highest BCUT2D eigenvalue weighted by atomic mass is 35.5. The normalized spacial score (nSPS) is 12.4. The molecule has 1 atom stereocenters. The number of nitrogens with zero attached hydrogens (tertiary/aromatic N) is 2. The van der Waals surface area contributed by atoms with Gasteiger partial charge in [-0.1, -0.05) is 25.4 Å². The molecule has 0 aliphatic carbocycles. The van der Waals surface area contributed by atoms with Gasteiger partial charge in [-0.25, -0.2) is 0 Å². The van der Waals surface area contributed by atoms with Gasteiger partial charge in [0, 0.05) is 24.2 Å². The highest BCUT2D eigenvalue weighted by molar-refractivity contribution is 6.33. The Bertz CT molecular complexity index is 708. The lowest BCUT2D eigenvalue weighted by molar-refractivity contribution is 0.100. The van der Waals surface area contributed by atoms with Gasteiger partial charge in [-0.3, -0.25) is 9.48 Å². The van der Waals surface area contributed by atoms with Crippen molar-refractivity contribution in [2.75, 3.05) is 6.61 Å². The van der Waals surface area contributed by atoms with E-state index in [0.29, 0.717) is 40.1 Å². The predicted molar refractivity (Wildman–Crippen MR) is 95.1 cm³/mol. The van der Waals surface area contributed by atoms with Crippen LogP contribution in [0.4, 0.5) is 0 Å². The molecule has 7 heteroatoms. The van der Waals surface area contributed by atoms with Gasteiger partial charge in [0.2, 0.25) is 5.91 Å². The van der Waals surface area contributed by atoms with Crippen LogP contribution in [-0.2, 0) is 7.05 Å². The number of rotatable bonds is 7. The Labute approximate surface area is 146 Å². The fourth-order valence-electron chi connectivity index (χ4n) is 2.58. The number of halogens is 1. The van der Waals surface area contributed by atoms with Gasteiger partial charge in [-0.2, -0.15) is 5.10 Å². The van der Waals surface area contributed by atoms with Crippen LogP contribution < -0.4 is 16.2 Å². The first kappa shape index (κ1) is 18.3. The van der Waals surface area contributed by atoms with Crippen LogP contribution in [0.15, 0.2) is 24.4 Å². The molecule has 0 saturated carbocycles. The molecule has 4 N–H and O–H groups in total. The zero-order valence-electron chi connectivity index (χ0n) is 14.1. The topological polar surface area (TPSA) is 96.2 Å². The lowest BCUT2D eigenvalue weighted by Gasteiger charge is -2.18. The molecule has 2 rings (SSSR count). The second-order valence-corrected chi connectivity index (χ2v) is 6.65. The number of nitrogens with two attached hydrogens (primary N) is 2. The van der Waals surface area contributed by atoms with E-state index in [0.717, 1.165) is 6.42 Å². The van der Waals surface area contributed by atoms with Crippen molar-refractivity contribution in [3.8, 4) is 17.0 Å². The van der Waals surface area contributed by atoms with Gasteiger partial charge >= 0.3 is 0 Å². The van der Waals surface area contributed by atoms with Crippen molar-refractivity contribution in [2.45, 2.75) is 26.3 Å². The van der Waals surface area contributed by atoms with E-state index in [1.54, 1.807) is 36.1 Å². The van der Waals surface area contributed by atoms with Crippen LogP contribution in [0.3, 0.4) is 0 Å². The van der Waals surface area contributed by atoms with E-state index in [1.807, 2.05) is 0 Å². The summed E-state index contributed by atoms with van der Waals surface area (Å²) in [4.78, 5) is 11.5. The first-order chi connectivity index (χ1) is 11.3. The number of carbonyl (C=O) groups is 1. The Morgan fingerprint density at radius 3 is 2.67 bits per heavy atom. The third-order valence-electron chi connectivity index (χ3n) is 3.64. The van der Waals surface area contributed by atoms with Crippen LogP contribution in [0.1, 0.15) is 30.6 Å². The van der Waals surface area contributed by atoms with Crippen LogP contribution in [-0.4, -0.2) is 28.3 Å². The Balaban J connectivity index is 2.35. The van der Waals surface area contributed by atoms with E-state index in [2.05, 4.69) is 18.9 Å². The summed E-state index contributed by atoms with van der Waals surface area (Å²) in [6.07, 6.45) is 2.41. The lowest BCUT2D eigenvalue weighted by Crippen LogP contribution is -2.29. The molecule has 0 bridgehead atoms. The molecule has 0 spiro atoms. The summed E-state index contributed by atoms with van der Waals surface area (Å²) < 4.78 is 7.52. The molecule has 1 aromatic carbocycles. The molecule has 6 nitrogen and oxygen atoms in total. The van der Waals surface area contributed by atoms with Crippen molar-refractivity contribution in [3.05, 3.63) is 35.0 Å². The molecule has 0 fully saturated rings. The minimum atomic E-state index is -0.516. The molecule has 1 amide bonds. The number of aromatic nitrogens is 2. The minimum absolute atomic E-state index is 0.0734. The second kappa shape index (κ2) is 7.68. The Kier molecular flexibility index (Phi) is 5.85. The van der Waals surface area contributed by atoms with E-state index in [1.165, 1.54) is 0 Å². The van der Waals surface area contributed by atoms with Crippen molar-refractivity contribution in [3.63, 3.8) is 0 Å². The van der Waals surface area contributed by atoms with E-state index in [9.17, 15) is 4.79 Å². The van der Waals surface area contributed by atoms with E-state index < -0.39 is 5.91 Å². The van der Waals surface area contributed by atoms with Crippen molar-refractivity contribution in [1.82, 2.24) is 9.78 Å². The summed E-state index contributed by atoms with van der Waals surface area (Å²) in [7, 11) is 1.77. The summed E-state index contributed by atoms with van der Waals surface area (Å²) in [6, 6.07) is 4.92. The zero-order valence-corrected chi connectivity index (χ0v) is 14.9. The maximum Gasteiger partial charge on any atom is 0.248 e. The Morgan fingerprint density at radius 1 is 1.42 bits per heavy atom. The number of ether oxygens (including phenoxy) is 1. The van der Waals surface area contributed by atoms with Gasteiger partial charge < -0.3 is 16.2 Å². The monoisotopic (exact) mass is 350 g/mol. The van der Waals surface area contributed by atoms with Crippen LogP contribution >= 0.6 is 11.6 Å². The number of hydrogen-bond acceptors (Lipinski definition) is 4. The summed E-state index contributed by atoms with van der Waals surface area (Å²) in [5, 5.41) is 4.60. The summed E-state index contributed by atoms with van der Waals surface area (Å²) in [5.41, 5.74) is 13.2. The first-order valence-corrected chi connectivity index (χ1v) is 8.17. The van der Waals surface area contributed by atoms with Crippen LogP contribution in [0.2, 0.25) is 5.02 Å². The minimum Gasteiger partial charge on any atom is -0.491 e. The summed E-state index contributed by atoms with van der Waals surface area (Å²) >= 11 is 6.24. The maximum absolute atomic E-state index is 11.5. The van der Waals surface area contributed by atoms with Crippen molar-refractivity contribution >= 4 is 17.5 Å². The van der Waals surface area contributed by atoms with Crippen molar-refractivity contribution in [1.29, 1.82) is 0 Å². The molecule has 24 heavy (non-hydrogen) atoms. The highest BCUT2D eigenvalue weighted by Gasteiger charge is 2.17. The smallest absolute Gasteiger partial charge is 0.248 e. The molecule has 0 aliphatic rings. The molecule has 0 saturated heterocycles. The summed E-state index contributed by atoms with van der Waals surface area (Å²) in [5.74, 6) is 0.564. The quantitative estimate of drug-likeness (QED) is 0.802. The van der Waals surface area contributed by atoms with Gasteiger partial charge in [-0.05, 0) is 30.5 Å². The second-order valence-electron chi connectivity index (χ2n) is 6.24. The standard InChI is InChI=1S/C17H23ClN4O2/c1-10(2)6-12(19)9-24-15-5-4-11(17(20)23)7-13(15)16-14(18)8-21-22(16)3/h4-5,7-8,10,12H,6,9,19H2,1-3H3,(H2,20,23)/t12-/m0/s1. The Morgan fingerprint density at radius 2 is 2.12 bits per heavy atom. The number of aryl methyl sites for hydroxylation is 1. The van der Waals surface area contributed by atoms with Crippen molar-refractivity contribution in [2.24, 2.45) is 24.4 Å². The van der Waals surface area contributed by atoms with Crippen LogP contribution in [0, 0.1) is 5.92 Å². The van der Waals surface area contributed by atoms with Crippen molar-refractivity contribution < 1.29 is 9.53 Å². The molecular formula is C17H23ClN4O2. The molecule has 0 aliphatic heterocycles. The van der Waals surface area contributed by atoms with Gasteiger partial charge in [-0.15, -0.1) is 0 Å². The van der Waals surface area contributed by atoms with Crippen LogP contribution in [0.5, 0.6) is 5.75 Å². The highest BCUT2D eigenvalue weighted by Crippen LogP contribution is 2.35. The molecule has 1 aromatic heterocycles. The third-order valence-corrected chi connectivity index (χ3v) is 3.92.